The summed E-state index contributed by atoms with van der Waals surface area (Å²) in [5, 5.41) is 7.52. The fourth-order valence-electron chi connectivity index (χ4n) is 1.05. The highest BCUT2D eigenvalue weighted by Crippen LogP contribution is 2.16. The van der Waals surface area contributed by atoms with Crippen LogP contribution >= 0.6 is 0 Å². The molecule has 1 aromatic heterocycles. The van der Waals surface area contributed by atoms with Crippen LogP contribution in [-0.2, 0) is 6.54 Å². The molecular weight excluding hydrogens is 130 g/mol. The quantitative estimate of drug-likeness (QED) is 0.524. The molecule has 0 unspecified atom stereocenters. The number of fused-ring (bicyclic) bond motifs is 1. The van der Waals surface area contributed by atoms with Crippen LogP contribution in [0.3, 0.4) is 0 Å². The van der Waals surface area contributed by atoms with Gasteiger partial charge < -0.3 is 4.74 Å². The van der Waals surface area contributed by atoms with E-state index in [1.54, 1.807) is 6.33 Å². The molecule has 0 aliphatic carbocycles. The Balaban J connectivity index is 2.30. The second kappa shape index (κ2) is 1.97. The van der Waals surface area contributed by atoms with Crippen LogP contribution in [0.2, 0.25) is 0 Å². The van der Waals surface area contributed by atoms with Gasteiger partial charge in [0.1, 0.15) is 12.4 Å². The number of nitrogens with zero attached hydrogens (tertiary/aromatic N) is 3. The fourth-order valence-corrected chi connectivity index (χ4v) is 1.05. The van der Waals surface area contributed by atoms with Gasteiger partial charge in [-0.15, -0.1) is 5.10 Å². The number of ether oxygens (including phenoxy) is 1. The van der Waals surface area contributed by atoms with Gasteiger partial charge in [0, 0.05) is 13.0 Å². The van der Waals surface area contributed by atoms with Gasteiger partial charge in [-0.1, -0.05) is 5.10 Å². The van der Waals surface area contributed by atoms with Crippen LogP contribution in [0.15, 0.2) is 6.33 Å². The largest absolute Gasteiger partial charge is 0.460 e. The molecule has 10 heavy (non-hydrogen) atoms. The molecule has 2 rings (SSSR count). The van der Waals surface area contributed by atoms with Gasteiger partial charge in [0.2, 0.25) is 0 Å². The molecule has 54 valence electrons. The molecule has 0 fully saturated rings. The SMILES string of the molecule is C[C@@H]1CCn2cnnc2O1. The van der Waals surface area contributed by atoms with E-state index in [0.717, 1.165) is 13.0 Å². The predicted octanol–water partition coefficient (Wildman–Crippen LogP) is 0.449. The molecular formula is C6H9N3O. The lowest BCUT2D eigenvalue weighted by molar-refractivity contribution is 0.148. The van der Waals surface area contributed by atoms with E-state index in [1.165, 1.54) is 0 Å². The van der Waals surface area contributed by atoms with Crippen LogP contribution in [0.25, 0.3) is 0 Å². The van der Waals surface area contributed by atoms with Crippen LogP contribution in [0.4, 0.5) is 0 Å². The number of aryl methyl sites for hydroxylation is 1. The number of aromatic nitrogens is 3. The van der Waals surface area contributed by atoms with E-state index in [0.29, 0.717) is 6.01 Å². The Morgan fingerprint density at radius 3 is 3.60 bits per heavy atom. The fraction of sp³-hybridized carbons (Fsp3) is 0.667. The van der Waals surface area contributed by atoms with Gasteiger partial charge in [0.25, 0.3) is 0 Å². The molecule has 2 heterocycles. The van der Waals surface area contributed by atoms with Crippen LogP contribution in [0, 0.1) is 0 Å². The van der Waals surface area contributed by atoms with E-state index in [4.69, 9.17) is 4.74 Å². The molecule has 0 spiro atoms. The number of hydrogen-bond acceptors (Lipinski definition) is 3. The summed E-state index contributed by atoms with van der Waals surface area (Å²) in [7, 11) is 0. The van der Waals surface area contributed by atoms with E-state index < -0.39 is 0 Å². The highest BCUT2D eigenvalue weighted by molar-refractivity contribution is 4.95. The first-order valence-electron chi connectivity index (χ1n) is 3.41. The van der Waals surface area contributed by atoms with Gasteiger partial charge in [-0.2, -0.15) is 0 Å². The van der Waals surface area contributed by atoms with Gasteiger partial charge in [-0.05, 0) is 6.92 Å². The first kappa shape index (κ1) is 5.70. The number of hydrogen-bond donors (Lipinski definition) is 0. The molecule has 0 aromatic carbocycles. The van der Waals surface area contributed by atoms with E-state index in [1.807, 2.05) is 11.5 Å². The summed E-state index contributed by atoms with van der Waals surface area (Å²) in [5.74, 6) is 0. The number of rotatable bonds is 0. The first-order valence-corrected chi connectivity index (χ1v) is 3.41. The van der Waals surface area contributed by atoms with Crippen molar-refractivity contribution >= 4 is 0 Å². The predicted molar refractivity (Wildman–Crippen MR) is 34.7 cm³/mol. The summed E-state index contributed by atoms with van der Waals surface area (Å²) in [6, 6.07) is 0.652. The van der Waals surface area contributed by atoms with Gasteiger partial charge in [0.05, 0.1) is 0 Å². The molecule has 1 aliphatic heterocycles. The summed E-state index contributed by atoms with van der Waals surface area (Å²) in [6.07, 6.45) is 3.03. The summed E-state index contributed by atoms with van der Waals surface area (Å²) < 4.78 is 7.28. The minimum Gasteiger partial charge on any atom is -0.460 e. The lowest BCUT2D eigenvalue weighted by Crippen LogP contribution is -2.22. The minimum atomic E-state index is 0.289. The highest BCUT2D eigenvalue weighted by Gasteiger charge is 2.15. The molecule has 0 bridgehead atoms. The van der Waals surface area contributed by atoms with Gasteiger partial charge in [-0.25, -0.2) is 0 Å². The lowest BCUT2D eigenvalue weighted by Gasteiger charge is -2.19. The molecule has 0 saturated heterocycles. The summed E-state index contributed by atoms with van der Waals surface area (Å²) in [6.45, 7) is 3.02. The average Bonchev–Trinajstić information content (AvgIpc) is 2.33. The van der Waals surface area contributed by atoms with Crippen LogP contribution in [0.1, 0.15) is 13.3 Å². The molecule has 1 aliphatic rings. The third kappa shape index (κ3) is 0.761. The van der Waals surface area contributed by atoms with Gasteiger partial charge in [-0.3, -0.25) is 4.57 Å². The van der Waals surface area contributed by atoms with Crippen LogP contribution in [0.5, 0.6) is 6.01 Å². The van der Waals surface area contributed by atoms with Gasteiger partial charge in [0.15, 0.2) is 0 Å². The zero-order chi connectivity index (χ0) is 6.97. The van der Waals surface area contributed by atoms with Crippen molar-refractivity contribution < 1.29 is 4.74 Å². The molecule has 0 amide bonds. The van der Waals surface area contributed by atoms with Crippen molar-refractivity contribution in [2.24, 2.45) is 0 Å². The molecule has 0 radical (unpaired) electrons. The van der Waals surface area contributed by atoms with Crippen molar-refractivity contribution in [3.05, 3.63) is 6.33 Å². The second-order valence-corrected chi connectivity index (χ2v) is 2.52. The normalized spacial score (nSPS) is 23.5. The molecule has 0 saturated carbocycles. The van der Waals surface area contributed by atoms with E-state index in [2.05, 4.69) is 10.2 Å². The Hall–Kier alpha value is -1.06. The maximum atomic E-state index is 5.36. The van der Waals surface area contributed by atoms with Crippen molar-refractivity contribution in [3.63, 3.8) is 0 Å². The molecule has 4 heteroatoms. The minimum absolute atomic E-state index is 0.289. The maximum Gasteiger partial charge on any atom is 0.317 e. The second-order valence-electron chi connectivity index (χ2n) is 2.52. The smallest absolute Gasteiger partial charge is 0.317 e. The van der Waals surface area contributed by atoms with E-state index in [-0.39, 0.29) is 6.10 Å². The van der Waals surface area contributed by atoms with E-state index in [9.17, 15) is 0 Å². The topological polar surface area (TPSA) is 39.9 Å². The highest BCUT2D eigenvalue weighted by atomic mass is 16.5. The van der Waals surface area contributed by atoms with Crippen LogP contribution < -0.4 is 4.74 Å². The Bertz CT molecular complexity index is 233. The molecule has 1 aromatic rings. The van der Waals surface area contributed by atoms with E-state index >= 15 is 0 Å². The van der Waals surface area contributed by atoms with Crippen molar-refractivity contribution in [2.75, 3.05) is 0 Å². The first-order chi connectivity index (χ1) is 4.86. The molecule has 4 nitrogen and oxygen atoms in total. The Kier molecular flexibility index (Phi) is 1.12. The Morgan fingerprint density at radius 1 is 1.80 bits per heavy atom. The zero-order valence-electron chi connectivity index (χ0n) is 5.82. The molecule has 1 atom stereocenters. The maximum absolute atomic E-state index is 5.36. The summed E-state index contributed by atoms with van der Waals surface area (Å²) in [5.41, 5.74) is 0. The Morgan fingerprint density at radius 2 is 2.70 bits per heavy atom. The van der Waals surface area contributed by atoms with Crippen molar-refractivity contribution in [3.8, 4) is 6.01 Å². The standard InChI is InChI=1S/C6H9N3O/c1-5-2-3-9-4-7-8-6(9)10-5/h4-5H,2-3H2,1H3/t5-/m1/s1. The third-order valence-corrected chi connectivity index (χ3v) is 1.66. The van der Waals surface area contributed by atoms with Crippen molar-refractivity contribution in [2.45, 2.75) is 26.0 Å². The Labute approximate surface area is 58.8 Å². The van der Waals surface area contributed by atoms with Crippen molar-refractivity contribution in [1.82, 2.24) is 14.8 Å². The molecule has 0 N–H and O–H groups in total. The summed E-state index contributed by atoms with van der Waals surface area (Å²) >= 11 is 0. The average molecular weight is 139 g/mol. The lowest BCUT2D eigenvalue weighted by atomic mass is 10.3. The monoisotopic (exact) mass is 139 g/mol. The third-order valence-electron chi connectivity index (χ3n) is 1.66. The van der Waals surface area contributed by atoms with Crippen molar-refractivity contribution in [1.29, 1.82) is 0 Å². The summed E-state index contributed by atoms with van der Waals surface area (Å²) in [4.78, 5) is 0. The zero-order valence-corrected chi connectivity index (χ0v) is 5.82. The van der Waals surface area contributed by atoms with Gasteiger partial charge >= 0.3 is 6.01 Å². The van der Waals surface area contributed by atoms with Crippen LogP contribution in [-0.4, -0.2) is 20.9 Å².